The zero-order valence-corrected chi connectivity index (χ0v) is 16.2. The van der Waals surface area contributed by atoms with Gasteiger partial charge in [-0.1, -0.05) is 24.3 Å². The van der Waals surface area contributed by atoms with Crippen molar-refractivity contribution in [1.82, 2.24) is 4.57 Å². The Bertz CT molecular complexity index is 995. The number of halogens is 1. The summed E-state index contributed by atoms with van der Waals surface area (Å²) in [7, 11) is 1.62. The molecule has 0 aliphatic carbocycles. The Hall–Kier alpha value is -1.96. The normalized spacial score (nSPS) is 12.0. The van der Waals surface area contributed by atoms with Gasteiger partial charge in [-0.05, 0) is 42.2 Å². The van der Waals surface area contributed by atoms with E-state index in [-0.39, 0.29) is 11.7 Å². The van der Waals surface area contributed by atoms with E-state index in [1.165, 1.54) is 23.5 Å². The minimum Gasteiger partial charge on any atom is -0.383 e. The summed E-state index contributed by atoms with van der Waals surface area (Å²) in [6.07, 6.45) is 0. The molecule has 3 aromatic rings. The molecule has 0 radical (unpaired) electrons. The number of hydrogen-bond donors (Lipinski definition) is 0. The molecule has 0 aliphatic rings. The highest BCUT2D eigenvalue weighted by Crippen LogP contribution is 2.20. The number of thiazole rings is 1. The number of hydrogen-bond acceptors (Lipinski definition) is 4. The number of fused-ring (bicyclic) bond motifs is 1. The number of nitrogens with zero attached hydrogens (tertiary/aromatic N) is 2. The summed E-state index contributed by atoms with van der Waals surface area (Å²) in [6, 6.07) is 12.0. The minimum absolute atomic E-state index is 0.304. The molecule has 0 aliphatic heterocycles. The molecule has 136 valence electrons. The third kappa shape index (κ3) is 4.23. The lowest BCUT2D eigenvalue weighted by atomic mass is 10.2. The number of aromatic nitrogens is 1. The molecule has 4 nitrogen and oxygen atoms in total. The number of amides is 1. The Balaban J connectivity index is 2.05. The van der Waals surface area contributed by atoms with Crippen LogP contribution in [-0.2, 0) is 11.3 Å². The SMILES string of the molecule is CCSc1cccc(C(=O)N=c2sc3cc(F)ccc3n2CCOC)c1. The summed E-state index contributed by atoms with van der Waals surface area (Å²) in [6.45, 7) is 3.09. The molecule has 0 saturated carbocycles. The van der Waals surface area contributed by atoms with Gasteiger partial charge in [0.05, 0.1) is 16.8 Å². The molecule has 0 atom stereocenters. The van der Waals surface area contributed by atoms with Crippen LogP contribution >= 0.6 is 23.1 Å². The van der Waals surface area contributed by atoms with Crippen LogP contribution in [-0.4, -0.2) is 29.9 Å². The molecule has 7 heteroatoms. The topological polar surface area (TPSA) is 43.6 Å². The minimum atomic E-state index is -0.306. The zero-order chi connectivity index (χ0) is 18.5. The van der Waals surface area contributed by atoms with Gasteiger partial charge in [0.2, 0.25) is 0 Å². The van der Waals surface area contributed by atoms with Crippen LogP contribution in [0.4, 0.5) is 4.39 Å². The predicted octanol–water partition coefficient (Wildman–Crippen LogP) is 4.34. The second-order valence-corrected chi connectivity index (χ2v) is 7.87. The molecule has 3 rings (SSSR count). The largest absolute Gasteiger partial charge is 0.383 e. The van der Waals surface area contributed by atoms with Crippen molar-refractivity contribution >= 4 is 39.2 Å². The Morgan fingerprint density at radius 1 is 1.31 bits per heavy atom. The van der Waals surface area contributed by atoms with Crippen molar-refractivity contribution in [3.8, 4) is 0 Å². The molecule has 0 fully saturated rings. The third-order valence-electron chi connectivity index (χ3n) is 3.75. The number of thioether (sulfide) groups is 1. The maximum absolute atomic E-state index is 13.5. The van der Waals surface area contributed by atoms with E-state index in [0.29, 0.717) is 23.5 Å². The van der Waals surface area contributed by atoms with Gasteiger partial charge in [-0.2, -0.15) is 4.99 Å². The summed E-state index contributed by atoms with van der Waals surface area (Å²) in [5, 5.41) is 0. The van der Waals surface area contributed by atoms with E-state index >= 15 is 0 Å². The van der Waals surface area contributed by atoms with Gasteiger partial charge in [0, 0.05) is 24.1 Å². The summed E-state index contributed by atoms with van der Waals surface area (Å²) < 4.78 is 21.3. The van der Waals surface area contributed by atoms with E-state index < -0.39 is 0 Å². The second-order valence-electron chi connectivity index (χ2n) is 5.52. The smallest absolute Gasteiger partial charge is 0.279 e. The lowest BCUT2D eigenvalue weighted by Crippen LogP contribution is -2.19. The number of ether oxygens (including phenoxy) is 1. The summed E-state index contributed by atoms with van der Waals surface area (Å²) in [5.74, 6) is 0.329. The third-order valence-corrected chi connectivity index (χ3v) is 5.67. The zero-order valence-electron chi connectivity index (χ0n) is 14.6. The quantitative estimate of drug-likeness (QED) is 0.588. The first-order valence-electron chi connectivity index (χ1n) is 8.22. The molecule has 1 amide bonds. The molecule has 0 unspecified atom stereocenters. The monoisotopic (exact) mass is 390 g/mol. The molecule has 0 spiro atoms. The lowest BCUT2D eigenvalue weighted by Gasteiger charge is -2.04. The van der Waals surface area contributed by atoms with Gasteiger partial charge < -0.3 is 9.30 Å². The number of benzene rings is 2. The molecule has 1 aromatic heterocycles. The van der Waals surface area contributed by atoms with E-state index in [1.54, 1.807) is 31.0 Å². The Kier molecular flexibility index (Phi) is 6.24. The van der Waals surface area contributed by atoms with Crippen LogP contribution in [0, 0.1) is 5.82 Å². The molecular formula is C19H19FN2O2S2. The van der Waals surface area contributed by atoms with Crippen molar-refractivity contribution < 1.29 is 13.9 Å². The van der Waals surface area contributed by atoms with Crippen molar-refractivity contribution in [3.63, 3.8) is 0 Å². The van der Waals surface area contributed by atoms with Gasteiger partial charge in [0.15, 0.2) is 4.80 Å². The average Bonchev–Trinajstić information content (AvgIpc) is 2.96. The maximum atomic E-state index is 13.5. The molecule has 0 saturated heterocycles. The van der Waals surface area contributed by atoms with E-state index in [0.717, 1.165) is 20.9 Å². The van der Waals surface area contributed by atoms with E-state index in [1.807, 2.05) is 22.8 Å². The fraction of sp³-hybridized carbons (Fsp3) is 0.263. The van der Waals surface area contributed by atoms with E-state index in [4.69, 9.17) is 4.74 Å². The van der Waals surface area contributed by atoms with Crippen LogP contribution in [0.15, 0.2) is 52.4 Å². The van der Waals surface area contributed by atoms with Gasteiger partial charge in [0.1, 0.15) is 5.82 Å². The Morgan fingerprint density at radius 3 is 2.92 bits per heavy atom. The standard InChI is InChI=1S/C19H19FN2O2S2/c1-3-25-15-6-4-5-13(11-15)18(23)21-19-22(9-10-24-2)16-8-7-14(20)12-17(16)26-19/h4-8,11-12H,3,9-10H2,1-2H3. The fourth-order valence-corrected chi connectivity index (χ4v) is 4.37. The van der Waals surface area contributed by atoms with E-state index in [9.17, 15) is 9.18 Å². The highest BCUT2D eigenvalue weighted by atomic mass is 32.2. The Labute approximate surface area is 159 Å². The van der Waals surface area contributed by atoms with Crippen LogP contribution in [0.25, 0.3) is 10.2 Å². The lowest BCUT2D eigenvalue weighted by molar-refractivity contribution is 0.0997. The molecule has 0 N–H and O–H groups in total. The van der Waals surface area contributed by atoms with Gasteiger partial charge >= 0.3 is 0 Å². The average molecular weight is 391 g/mol. The van der Waals surface area contributed by atoms with Gasteiger partial charge in [0.25, 0.3) is 5.91 Å². The van der Waals surface area contributed by atoms with Gasteiger partial charge in [-0.25, -0.2) is 4.39 Å². The van der Waals surface area contributed by atoms with Crippen molar-refractivity contribution in [1.29, 1.82) is 0 Å². The number of carbonyl (C=O) groups excluding carboxylic acids is 1. The number of carbonyl (C=O) groups is 1. The predicted molar refractivity (Wildman–Crippen MR) is 104 cm³/mol. The van der Waals surface area contributed by atoms with Crippen molar-refractivity contribution in [2.75, 3.05) is 19.5 Å². The van der Waals surface area contributed by atoms with Crippen LogP contribution in [0.2, 0.25) is 0 Å². The van der Waals surface area contributed by atoms with Crippen LogP contribution < -0.4 is 4.80 Å². The first kappa shape index (κ1) is 18.8. The second kappa shape index (κ2) is 8.62. The van der Waals surface area contributed by atoms with Crippen molar-refractivity contribution in [2.24, 2.45) is 4.99 Å². The van der Waals surface area contributed by atoms with Crippen LogP contribution in [0.1, 0.15) is 17.3 Å². The highest BCUT2D eigenvalue weighted by Gasteiger charge is 2.10. The van der Waals surface area contributed by atoms with Crippen molar-refractivity contribution in [3.05, 3.63) is 58.6 Å². The first-order valence-corrected chi connectivity index (χ1v) is 10.0. The fourth-order valence-electron chi connectivity index (χ4n) is 2.57. The van der Waals surface area contributed by atoms with Crippen LogP contribution in [0.5, 0.6) is 0 Å². The van der Waals surface area contributed by atoms with Crippen molar-refractivity contribution in [2.45, 2.75) is 18.4 Å². The van der Waals surface area contributed by atoms with Crippen LogP contribution in [0.3, 0.4) is 0 Å². The Morgan fingerprint density at radius 2 is 2.15 bits per heavy atom. The molecule has 2 aromatic carbocycles. The summed E-state index contributed by atoms with van der Waals surface area (Å²) >= 11 is 2.98. The van der Waals surface area contributed by atoms with E-state index in [2.05, 4.69) is 11.9 Å². The highest BCUT2D eigenvalue weighted by molar-refractivity contribution is 7.99. The summed E-state index contributed by atoms with van der Waals surface area (Å²) in [5.41, 5.74) is 1.39. The first-order chi connectivity index (χ1) is 12.6. The molecular weight excluding hydrogens is 371 g/mol. The molecule has 0 bridgehead atoms. The number of rotatable bonds is 6. The number of methoxy groups -OCH3 is 1. The maximum Gasteiger partial charge on any atom is 0.279 e. The molecule has 1 heterocycles. The summed E-state index contributed by atoms with van der Waals surface area (Å²) in [4.78, 5) is 18.5. The van der Waals surface area contributed by atoms with Gasteiger partial charge in [-0.15, -0.1) is 11.8 Å². The molecule has 26 heavy (non-hydrogen) atoms. The van der Waals surface area contributed by atoms with Gasteiger partial charge in [-0.3, -0.25) is 4.79 Å².